The van der Waals surface area contributed by atoms with Crippen molar-refractivity contribution in [3.05, 3.63) is 18.2 Å². The largest absolute Gasteiger partial charge is 0.396 e. The third-order valence-corrected chi connectivity index (χ3v) is 3.44. The van der Waals surface area contributed by atoms with Crippen molar-refractivity contribution in [2.45, 2.75) is 25.7 Å². The van der Waals surface area contributed by atoms with Crippen LogP contribution in [0.15, 0.2) is 23.1 Å². The Hall–Kier alpha value is -1.27. The fourth-order valence-electron chi connectivity index (χ4n) is 1.91. The first-order valence-electron chi connectivity index (χ1n) is 5.65. The number of para-hydroxylation sites is 1. The summed E-state index contributed by atoms with van der Waals surface area (Å²) in [4.78, 5) is 1.91. The summed E-state index contributed by atoms with van der Waals surface area (Å²) in [6.45, 7) is 7.06. The molecule has 18 heavy (non-hydrogen) atoms. The van der Waals surface area contributed by atoms with Crippen molar-refractivity contribution in [1.29, 1.82) is 0 Å². The van der Waals surface area contributed by atoms with Gasteiger partial charge in [-0.15, -0.1) is 0 Å². The van der Waals surface area contributed by atoms with Crippen LogP contribution < -0.4 is 15.8 Å². The number of sulfonamides is 1. The van der Waals surface area contributed by atoms with E-state index in [0.29, 0.717) is 5.69 Å². The Morgan fingerprint density at radius 1 is 1.28 bits per heavy atom. The summed E-state index contributed by atoms with van der Waals surface area (Å²) >= 11 is 0. The van der Waals surface area contributed by atoms with Gasteiger partial charge in [0.15, 0.2) is 0 Å². The fourth-order valence-corrected chi connectivity index (χ4v) is 2.59. The van der Waals surface area contributed by atoms with E-state index in [1.54, 1.807) is 12.1 Å². The molecule has 0 amide bonds. The second-order valence-electron chi connectivity index (χ2n) is 5.65. The smallest absolute Gasteiger partial charge is 0.240 e. The number of anilines is 2. The van der Waals surface area contributed by atoms with Crippen LogP contribution in [0.25, 0.3) is 0 Å². The Bertz CT molecular complexity index is 533. The van der Waals surface area contributed by atoms with E-state index in [0.717, 1.165) is 6.54 Å². The summed E-state index contributed by atoms with van der Waals surface area (Å²) in [5.41, 5.74) is 6.85. The molecule has 0 heterocycles. The van der Waals surface area contributed by atoms with Crippen LogP contribution in [0.3, 0.4) is 0 Å². The van der Waals surface area contributed by atoms with Crippen LogP contribution in [-0.4, -0.2) is 22.0 Å². The molecule has 6 heteroatoms. The molecule has 0 fully saturated rings. The van der Waals surface area contributed by atoms with Crippen LogP contribution in [0.4, 0.5) is 11.4 Å². The van der Waals surface area contributed by atoms with Gasteiger partial charge in [0.2, 0.25) is 10.0 Å². The zero-order valence-electron chi connectivity index (χ0n) is 11.3. The maximum atomic E-state index is 11.4. The van der Waals surface area contributed by atoms with Gasteiger partial charge in [-0.05, 0) is 17.5 Å². The Labute approximate surface area is 109 Å². The number of primary sulfonamides is 1. The Balaban J connectivity index is 3.20. The van der Waals surface area contributed by atoms with Gasteiger partial charge in [0.25, 0.3) is 0 Å². The van der Waals surface area contributed by atoms with Crippen molar-refractivity contribution in [3.8, 4) is 0 Å². The molecular weight excluding hydrogens is 250 g/mol. The number of rotatable bonds is 3. The molecule has 0 bridgehead atoms. The fraction of sp³-hybridized carbons (Fsp3) is 0.500. The maximum Gasteiger partial charge on any atom is 0.240 e. The van der Waals surface area contributed by atoms with Crippen molar-refractivity contribution in [1.82, 2.24) is 0 Å². The summed E-state index contributed by atoms with van der Waals surface area (Å²) in [5, 5.41) is 5.13. The van der Waals surface area contributed by atoms with Gasteiger partial charge in [-0.25, -0.2) is 13.6 Å². The second-order valence-corrected chi connectivity index (χ2v) is 7.18. The average molecular weight is 271 g/mol. The lowest BCUT2D eigenvalue weighted by Crippen LogP contribution is -2.30. The first-order valence-corrected chi connectivity index (χ1v) is 7.19. The average Bonchev–Trinajstić information content (AvgIpc) is 2.12. The van der Waals surface area contributed by atoms with Gasteiger partial charge in [-0.2, -0.15) is 0 Å². The van der Waals surface area contributed by atoms with E-state index in [9.17, 15) is 8.42 Å². The van der Waals surface area contributed by atoms with E-state index in [1.165, 1.54) is 6.07 Å². The molecule has 5 nitrogen and oxygen atoms in total. The van der Waals surface area contributed by atoms with Gasteiger partial charge in [-0.3, -0.25) is 0 Å². The standard InChI is InChI=1S/C12H21N3O2S/c1-12(2,3)8-15(4)9-6-5-7-10(11(9)13)18(14,16)17/h5-7H,8,13H2,1-4H3,(H2,14,16,17). The van der Waals surface area contributed by atoms with Crippen LogP contribution in [0, 0.1) is 5.41 Å². The highest BCUT2D eigenvalue weighted by Crippen LogP contribution is 2.30. The Morgan fingerprint density at radius 3 is 2.28 bits per heavy atom. The highest BCUT2D eigenvalue weighted by Gasteiger charge is 2.19. The first kappa shape index (κ1) is 14.8. The summed E-state index contributed by atoms with van der Waals surface area (Å²) < 4.78 is 22.8. The topological polar surface area (TPSA) is 89.4 Å². The van der Waals surface area contributed by atoms with E-state index in [4.69, 9.17) is 10.9 Å². The number of nitrogen functional groups attached to an aromatic ring is 1. The summed E-state index contributed by atoms with van der Waals surface area (Å²) in [6.07, 6.45) is 0. The lowest BCUT2D eigenvalue weighted by molar-refractivity contribution is 0.419. The molecule has 0 atom stereocenters. The van der Waals surface area contributed by atoms with Crippen LogP contribution in [0.5, 0.6) is 0 Å². The molecular formula is C12H21N3O2S. The van der Waals surface area contributed by atoms with Gasteiger partial charge in [0, 0.05) is 13.6 Å². The van der Waals surface area contributed by atoms with Gasteiger partial charge in [0.05, 0.1) is 11.4 Å². The molecule has 0 saturated carbocycles. The van der Waals surface area contributed by atoms with Gasteiger partial charge >= 0.3 is 0 Å². The minimum Gasteiger partial charge on any atom is -0.396 e. The Morgan fingerprint density at radius 2 is 1.83 bits per heavy atom. The van der Waals surface area contributed by atoms with Gasteiger partial charge in [0.1, 0.15) is 4.90 Å². The normalized spacial score (nSPS) is 12.5. The third-order valence-electron chi connectivity index (χ3n) is 2.47. The van der Waals surface area contributed by atoms with Gasteiger partial charge in [-0.1, -0.05) is 26.8 Å². The molecule has 1 rings (SSSR count). The predicted octanol–water partition coefficient (Wildman–Crippen LogP) is 1.40. The van der Waals surface area contributed by atoms with Crippen LogP contribution >= 0.6 is 0 Å². The van der Waals surface area contributed by atoms with Crippen LogP contribution in [0.1, 0.15) is 20.8 Å². The lowest BCUT2D eigenvalue weighted by Gasteiger charge is -2.29. The zero-order valence-corrected chi connectivity index (χ0v) is 12.1. The highest BCUT2D eigenvalue weighted by atomic mass is 32.2. The number of hydrogen-bond donors (Lipinski definition) is 2. The minimum absolute atomic E-state index is 0.0271. The van der Waals surface area contributed by atoms with Crippen molar-refractivity contribution < 1.29 is 8.42 Å². The van der Waals surface area contributed by atoms with Crippen molar-refractivity contribution in [3.63, 3.8) is 0 Å². The number of nitrogens with zero attached hydrogens (tertiary/aromatic N) is 1. The van der Waals surface area contributed by atoms with Crippen molar-refractivity contribution in [2.75, 3.05) is 24.2 Å². The van der Waals surface area contributed by atoms with Crippen LogP contribution in [-0.2, 0) is 10.0 Å². The Kier molecular flexibility index (Phi) is 3.92. The quantitative estimate of drug-likeness (QED) is 0.813. The molecule has 4 N–H and O–H groups in total. The highest BCUT2D eigenvalue weighted by molar-refractivity contribution is 7.89. The minimum atomic E-state index is -3.78. The molecule has 1 aromatic carbocycles. The lowest BCUT2D eigenvalue weighted by atomic mass is 9.96. The van der Waals surface area contributed by atoms with Crippen LogP contribution in [0.2, 0.25) is 0 Å². The van der Waals surface area contributed by atoms with E-state index < -0.39 is 10.0 Å². The molecule has 0 aliphatic carbocycles. The third kappa shape index (κ3) is 3.61. The van der Waals surface area contributed by atoms with E-state index in [1.807, 2.05) is 11.9 Å². The number of nitrogens with two attached hydrogens (primary N) is 2. The van der Waals surface area contributed by atoms with E-state index >= 15 is 0 Å². The molecule has 1 aromatic rings. The molecule has 0 radical (unpaired) electrons. The van der Waals surface area contributed by atoms with Gasteiger partial charge < -0.3 is 10.6 Å². The van der Waals surface area contributed by atoms with Crippen molar-refractivity contribution >= 4 is 21.4 Å². The summed E-state index contributed by atoms with van der Waals surface area (Å²) in [6, 6.07) is 4.85. The molecule has 0 unspecified atom stereocenters. The number of benzene rings is 1. The number of hydrogen-bond acceptors (Lipinski definition) is 4. The van der Waals surface area contributed by atoms with Crippen molar-refractivity contribution in [2.24, 2.45) is 10.6 Å². The summed E-state index contributed by atoms with van der Waals surface area (Å²) in [7, 11) is -1.91. The maximum absolute atomic E-state index is 11.4. The summed E-state index contributed by atoms with van der Waals surface area (Å²) in [5.74, 6) is 0. The molecule has 0 saturated heterocycles. The van der Waals surface area contributed by atoms with E-state index in [2.05, 4.69) is 20.8 Å². The molecule has 0 aliphatic rings. The zero-order chi connectivity index (χ0) is 14.1. The SMILES string of the molecule is CN(CC(C)(C)C)c1cccc(S(N)(=O)=O)c1N. The predicted molar refractivity (Wildman–Crippen MR) is 75.0 cm³/mol. The molecule has 102 valence electrons. The molecule has 0 spiro atoms. The van der Waals surface area contributed by atoms with E-state index in [-0.39, 0.29) is 16.0 Å². The molecule has 0 aromatic heterocycles. The first-order chi connectivity index (χ1) is 8.02. The monoisotopic (exact) mass is 271 g/mol. The molecule has 0 aliphatic heterocycles. The second kappa shape index (κ2) is 4.78.